The molecule has 0 aliphatic heterocycles. The van der Waals surface area contributed by atoms with Crippen molar-refractivity contribution < 1.29 is 4.79 Å². The second-order valence-electron chi connectivity index (χ2n) is 6.29. The second kappa shape index (κ2) is 7.73. The SMILES string of the molecule is N#Cc1c[nH]c(C(=O)N[C@@H](CC2CCCCC2)c2ncccn2)c1. The molecule has 1 aliphatic carbocycles. The molecule has 2 aromatic heterocycles. The number of aromatic amines is 1. The molecule has 24 heavy (non-hydrogen) atoms. The molecule has 2 N–H and O–H groups in total. The van der Waals surface area contributed by atoms with Crippen molar-refractivity contribution in [3.63, 3.8) is 0 Å². The summed E-state index contributed by atoms with van der Waals surface area (Å²) in [5.41, 5.74) is 0.830. The van der Waals surface area contributed by atoms with Gasteiger partial charge in [0.2, 0.25) is 0 Å². The second-order valence-corrected chi connectivity index (χ2v) is 6.29. The topological polar surface area (TPSA) is 94.5 Å². The Morgan fingerprint density at radius 3 is 2.75 bits per heavy atom. The van der Waals surface area contributed by atoms with Gasteiger partial charge in [0.15, 0.2) is 0 Å². The van der Waals surface area contributed by atoms with Gasteiger partial charge in [0.1, 0.15) is 17.6 Å². The zero-order valence-electron chi connectivity index (χ0n) is 13.5. The zero-order chi connectivity index (χ0) is 16.8. The summed E-state index contributed by atoms with van der Waals surface area (Å²) in [5.74, 6) is 0.999. The summed E-state index contributed by atoms with van der Waals surface area (Å²) in [7, 11) is 0. The average molecular weight is 323 g/mol. The van der Waals surface area contributed by atoms with Crippen LogP contribution in [0, 0.1) is 17.2 Å². The van der Waals surface area contributed by atoms with Crippen LogP contribution in [-0.2, 0) is 0 Å². The predicted octanol–water partition coefficient (Wildman–Crippen LogP) is 3.12. The normalized spacial score (nSPS) is 16.3. The standard InChI is InChI=1S/C18H21N5O/c19-11-14-10-16(22-12-14)18(24)23-15(17-20-7-4-8-21-17)9-13-5-2-1-3-6-13/h4,7-8,10,12-13,15,22H,1-3,5-6,9H2,(H,23,24)/t15-/m0/s1. The Morgan fingerprint density at radius 2 is 2.08 bits per heavy atom. The highest BCUT2D eigenvalue weighted by Gasteiger charge is 2.24. The maximum atomic E-state index is 12.5. The quantitative estimate of drug-likeness (QED) is 0.884. The molecule has 3 rings (SSSR count). The van der Waals surface area contributed by atoms with Gasteiger partial charge in [-0.15, -0.1) is 0 Å². The lowest BCUT2D eigenvalue weighted by molar-refractivity contribution is 0.0921. The lowest BCUT2D eigenvalue weighted by Gasteiger charge is -2.26. The molecule has 0 bridgehead atoms. The van der Waals surface area contributed by atoms with Crippen LogP contribution in [0.4, 0.5) is 0 Å². The largest absolute Gasteiger partial charge is 0.356 e. The number of aromatic nitrogens is 3. The Morgan fingerprint density at radius 1 is 1.33 bits per heavy atom. The monoisotopic (exact) mass is 323 g/mol. The molecule has 124 valence electrons. The number of hydrogen-bond acceptors (Lipinski definition) is 4. The zero-order valence-corrected chi connectivity index (χ0v) is 13.5. The molecule has 0 unspecified atom stereocenters. The van der Waals surface area contributed by atoms with Crippen LogP contribution in [-0.4, -0.2) is 20.9 Å². The molecule has 6 heteroatoms. The third-order valence-corrected chi connectivity index (χ3v) is 4.55. The minimum absolute atomic E-state index is 0.212. The molecular formula is C18H21N5O. The van der Waals surface area contributed by atoms with E-state index in [-0.39, 0.29) is 11.9 Å². The number of nitrogens with zero attached hydrogens (tertiary/aromatic N) is 3. The van der Waals surface area contributed by atoms with Crippen LogP contribution >= 0.6 is 0 Å². The highest BCUT2D eigenvalue weighted by atomic mass is 16.1. The number of nitrogens with one attached hydrogen (secondary N) is 2. The van der Waals surface area contributed by atoms with Crippen molar-refractivity contribution in [2.75, 3.05) is 0 Å². The molecule has 2 aromatic rings. The van der Waals surface area contributed by atoms with Crippen molar-refractivity contribution >= 4 is 5.91 Å². The van der Waals surface area contributed by atoms with E-state index in [1.54, 1.807) is 24.5 Å². The van der Waals surface area contributed by atoms with Crippen LogP contribution < -0.4 is 5.32 Å². The Labute approximate surface area is 141 Å². The van der Waals surface area contributed by atoms with Gasteiger partial charge in [0, 0.05) is 18.6 Å². The number of hydrogen-bond donors (Lipinski definition) is 2. The maximum absolute atomic E-state index is 12.5. The summed E-state index contributed by atoms with van der Waals surface area (Å²) in [6.45, 7) is 0. The smallest absolute Gasteiger partial charge is 0.268 e. The Hall–Kier alpha value is -2.68. The van der Waals surface area contributed by atoms with E-state index in [1.807, 2.05) is 6.07 Å². The van der Waals surface area contributed by atoms with Crippen LogP contribution in [0.15, 0.2) is 30.7 Å². The van der Waals surface area contributed by atoms with Crippen molar-refractivity contribution in [3.05, 3.63) is 47.8 Å². The van der Waals surface area contributed by atoms with Gasteiger partial charge in [-0.1, -0.05) is 32.1 Å². The maximum Gasteiger partial charge on any atom is 0.268 e. The molecule has 1 aliphatic rings. The van der Waals surface area contributed by atoms with Crippen LogP contribution in [0.25, 0.3) is 0 Å². The first-order chi connectivity index (χ1) is 11.8. The van der Waals surface area contributed by atoms with Gasteiger partial charge in [-0.3, -0.25) is 4.79 Å². The molecule has 0 spiro atoms. The van der Waals surface area contributed by atoms with Gasteiger partial charge in [-0.05, 0) is 24.5 Å². The van der Waals surface area contributed by atoms with E-state index in [1.165, 1.54) is 38.3 Å². The van der Waals surface area contributed by atoms with E-state index in [2.05, 4.69) is 20.3 Å². The van der Waals surface area contributed by atoms with E-state index < -0.39 is 0 Å². The number of nitriles is 1. The third-order valence-electron chi connectivity index (χ3n) is 4.55. The van der Waals surface area contributed by atoms with Gasteiger partial charge >= 0.3 is 0 Å². The van der Waals surface area contributed by atoms with Gasteiger partial charge in [0.25, 0.3) is 5.91 Å². The summed E-state index contributed by atoms with van der Waals surface area (Å²) in [6.07, 6.45) is 12.0. The molecule has 0 aromatic carbocycles. The number of amides is 1. The van der Waals surface area contributed by atoms with E-state index in [0.717, 1.165) is 6.42 Å². The minimum atomic E-state index is -0.232. The lowest BCUT2D eigenvalue weighted by Crippen LogP contribution is -2.31. The predicted molar refractivity (Wildman–Crippen MR) is 88.9 cm³/mol. The molecular weight excluding hydrogens is 302 g/mol. The fourth-order valence-electron chi connectivity index (χ4n) is 3.30. The van der Waals surface area contributed by atoms with E-state index in [4.69, 9.17) is 5.26 Å². The number of H-pyrrole nitrogens is 1. The minimum Gasteiger partial charge on any atom is -0.356 e. The fraction of sp³-hybridized carbons (Fsp3) is 0.444. The van der Waals surface area contributed by atoms with Crippen LogP contribution in [0.3, 0.4) is 0 Å². The Balaban J connectivity index is 1.74. The molecule has 1 saturated carbocycles. The number of rotatable bonds is 5. The fourth-order valence-corrected chi connectivity index (χ4v) is 3.30. The average Bonchev–Trinajstić information content (AvgIpc) is 3.12. The van der Waals surface area contributed by atoms with Crippen molar-refractivity contribution in [1.29, 1.82) is 5.26 Å². The molecule has 1 amide bonds. The van der Waals surface area contributed by atoms with Gasteiger partial charge in [-0.2, -0.15) is 5.26 Å². The van der Waals surface area contributed by atoms with E-state index >= 15 is 0 Å². The summed E-state index contributed by atoms with van der Waals surface area (Å²) in [4.78, 5) is 24.0. The summed E-state index contributed by atoms with van der Waals surface area (Å²) in [6, 6.07) is 5.13. The van der Waals surface area contributed by atoms with Crippen molar-refractivity contribution in [2.24, 2.45) is 5.92 Å². The summed E-state index contributed by atoms with van der Waals surface area (Å²) >= 11 is 0. The first-order valence-electron chi connectivity index (χ1n) is 8.42. The van der Waals surface area contributed by atoms with Crippen LogP contribution in [0.5, 0.6) is 0 Å². The van der Waals surface area contributed by atoms with Gasteiger partial charge in [0.05, 0.1) is 11.6 Å². The van der Waals surface area contributed by atoms with E-state index in [9.17, 15) is 4.79 Å². The number of carbonyl (C=O) groups is 1. The molecule has 2 heterocycles. The highest BCUT2D eigenvalue weighted by Crippen LogP contribution is 2.31. The van der Waals surface area contributed by atoms with Crippen molar-refractivity contribution in [2.45, 2.75) is 44.6 Å². The van der Waals surface area contributed by atoms with Crippen molar-refractivity contribution in [3.8, 4) is 6.07 Å². The van der Waals surface area contributed by atoms with Crippen LogP contribution in [0.1, 0.15) is 66.4 Å². The molecule has 0 saturated heterocycles. The van der Waals surface area contributed by atoms with Crippen molar-refractivity contribution in [1.82, 2.24) is 20.3 Å². The lowest BCUT2D eigenvalue weighted by atomic mass is 9.84. The first kappa shape index (κ1) is 16.2. The Bertz CT molecular complexity index is 713. The van der Waals surface area contributed by atoms with Gasteiger partial charge in [-0.25, -0.2) is 9.97 Å². The molecule has 0 radical (unpaired) electrons. The molecule has 1 atom stereocenters. The van der Waals surface area contributed by atoms with Crippen LogP contribution in [0.2, 0.25) is 0 Å². The molecule has 1 fully saturated rings. The highest BCUT2D eigenvalue weighted by molar-refractivity contribution is 5.93. The summed E-state index contributed by atoms with van der Waals surface area (Å²) < 4.78 is 0. The third kappa shape index (κ3) is 3.99. The Kier molecular flexibility index (Phi) is 5.22. The summed E-state index contributed by atoms with van der Waals surface area (Å²) in [5, 5.41) is 11.9. The van der Waals surface area contributed by atoms with E-state index in [0.29, 0.717) is 23.0 Å². The van der Waals surface area contributed by atoms with Gasteiger partial charge < -0.3 is 10.3 Å². The first-order valence-corrected chi connectivity index (χ1v) is 8.42. The molecule has 6 nitrogen and oxygen atoms in total. The number of carbonyl (C=O) groups excluding carboxylic acids is 1.